The van der Waals surface area contributed by atoms with E-state index in [9.17, 15) is 0 Å². The number of nitrogens with one attached hydrogen (secondary N) is 1. The minimum absolute atomic E-state index is 0. The van der Waals surface area contributed by atoms with Crippen LogP contribution >= 0.6 is 9.03 Å². The molecule has 0 atom stereocenters. The van der Waals surface area contributed by atoms with Gasteiger partial charge in [-0.3, -0.25) is 18.1 Å². The van der Waals surface area contributed by atoms with Crippen LogP contribution in [-0.2, 0) is 44.0 Å². The molecule has 0 aromatic carbocycles. The summed E-state index contributed by atoms with van der Waals surface area (Å²) in [6.45, 7) is 4.60. The first-order valence-electron chi connectivity index (χ1n) is 23.0. The molecular weight excluding hydrogens is 2640 g/mol. The summed E-state index contributed by atoms with van der Waals surface area (Å²) in [5, 5.41) is 5.56. The molecule has 0 aromatic rings. The molecule has 0 amide bonds. The monoisotopic (exact) mass is 2880 g/mol. The average molecular weight is 2880 g/mol. The second-order valence-electron chi connectivity index (χ2n) is 1.09. The fourth-order valence-corrected chi connectivity index (χ4v) is 0.130. The number of terminal acetylenes is 2. The van der Waals surface area contributed by atoms with Crippen molar-refractivity contribution in [2.75, 3.05) is 0 Å². The molecule has 0 radical (unpaired) electrons. The molecule has 0 spiro atoms. The van der Waals surface area contributed by atoms with E-state index in [-0.39, 0.29) is 729 Å². The third-order valence-corrected chi connectivity index (χ3v) is 1.10. The molecule has 0 rings (SSSR count). The van der Waals surface area contributed by atoms with Gasteiger partial charge in [-0.25, -0.2) is 22.4 Å². The number of rotatable bonds is 1. The van der Waals surface area contributed by atoms with Crippen LogP contribution in [0.25, 0.3) is 0 Å². The predicted molar refractivity (Wildman–Crippen MR) is 672 cm³/mol. The van der Waals surface area contributed by atoms with Crippen molar-refractivity contribution in [3.8, 4) is 48.3 Å². The number of hydrogen-bond donors (Lipinski definition) is 1. The van der Waals surface area contributed by atoms with E-state index in [1.807, 2.05) is 6.40 Å². The summed E-state index contributed by atoms with van der Waals surface area (Å²) >= 11 is 54.5. The van der Waals surface area contributed by atoms with Gasteiger partial charge in [0.1, 0.15) is 1.37 Å². The fraction of sp³-hybridized carbons (Fsp3) is 0.864. The third kappa shape index (κ3) is 1140. The Morgan fingerprint density at radius 3 is 0.356 bits per heavy atom. The van der Waals surface area contributed by atoms with Gasteiger partial charge in [0.25, 0.3) is 0 Å². The minimum atomic E-state index is -0.753. The summed E-state index contributed by atoms with van der Waals surface area (Å²) in [7, 11) is 2.72. The van der Waals surface area contributed by atoms with Gasteiger partial charge in [0.15, 0.2) is 0 Å². The van der Waals surface area contributed by atoms with Crippen molar-refractivity contribution in [2.24, 2.45) is 4.40 Å². The summed E-state index contributed by atoms with van der Waals surface area (Å²) in [5.41, 5.74) is 0. The average Bonchev–Trinajstić information content (AvgIpc) is 3.45. The Morgan fingerprint density at radius 2 is 0.322 bits per heavy atom. The number of thiol groups is 1. The molecular formula is C66H237F5K40N2PS4+3. The molecule has 0 saturated heterocycles. The van der Waals surface area contributed by atoms with Gasteiger partial charge in [-0.1, -0.05) is 423 Å². The number of hydrogen-bond acceptors (Lipinski definition) is 5. The normalized spacial score (nSPS) is 2.10. The van der Waals surface area contributed by atoms with Crippen LogP contribution in [0.2, 0.25) is 0 Å². The molecule has 52 heteroatoms. The molecule has 118 heavy (non-hydrogen) atoms. The zero-order valence-electron chi connectivity index (χ0n) is 55.7. The Hall–Kier alpha value is 64.3. The molecule has 1 N–H and O–H groups in total. The SMILES string of the molecule is C.C.C.C.C.C.C.C.C.C.C.C.C.C.C.C.C.C.C.C.C.C.C.C.C.C.C.C.C.C.C.C.C.C.C.C.C.C.C.C.C.C.C.C.C.C.C.C.C.C.C.C.C.C.C.C.F.FF.FF.N=P.[2H]C.[2H]C#CC#CC#CC#C.[2H][2H].[3H][S-].[CH-]=N[S-](=S)=S.[K+].[K+].[K+].[K+].[K+].[K+].[K][K].[K][K].[K][K].[K][K].[K][K].[K][K].[K][K].[K][K].[K][K].[K][K].[K][K].[K][K].[K][K].[K][K].[K][K].[K][K].[K][K]. The number of halogens is 5. The first kappa shape index (κ1) is 608. The zero-order chi connectivity index (χ0) is 57.2. The summed E-state index contributed by atoms with van der Waals surface area (Å²) in [4.78, 5) is 0. The molecule has 0 fully saturated rings. The molecule has 0 heterocycles. The molecule has 0 aliphatic heterocycles. The molecule has 0 aliphatic carbocycles. The van der Waals surface area contributed by atoms with E-state index in [0.717, 1.165) is 0 Å². The van der Waals surface area contributed by atoms with Crippen LogP contribution < -0.4 is 308 Å². The number of nitrogens with zero attached hydrogens (tertiary/aromatic N) is 1. The maximum absolute atomic E-state index is 8.00. The first-order valence-corrected chi connectivity index (χ1v) is 296. The van der Waals surface area contributed by atoms with Crippen molar-refractivity contribution in [3.05, 3.63) is 0 Å². The third-order valence-electron chi connectivity index (χ3n) is 0.408. The Bertz CT molecular complexity index is 659. The van der Waals surface area contributed by atoms with Gasteiger partial charge < -0.3 is 24.5 Å². The standard InChI is InChI=1S/C8H2.CHNS3.57CH4.2F2.FH.40K.H2NP.H2S.H2/c1-3-5-7-8-6-4-2;1-2-5(3)4;;;;;;;;;;;;;;;;;;;;;;;;;;;;;;;;;;;;;;;;;;;;;;;;;;;;;;;;;;2*1-2;;;;;;;;;;;;;;;;;;;;;;;;;;;;;;;;;;;;;;;;;;1-2;;/h1-2H;1H;57*1H4;;;1H;;;;;;;;;;;;;;;;;;;;;;;;;;;;;;;;;;;;;;;;;1-2H;1H2;1H/q;-2;;;;;;;;;;;;;;;;;;;;;;;;;;;;;;;;;;;;;;;;;;;;;;;;;;;;;;;;;;;;;;;;;;;;;;;;;;;;;;;;;;;;;;;;;;;;;;;6*+1;;;/p-1/i1D;;1D;;;;;;;;;;;;;;;;;;;;;;;;;;;;;;;;;;;;;;;;;;;;;;;;;;;;;;;;;;;;;;;;;;;;;;;;;;;;;;;;;;;;;;;;;;;;;;;;;;;;;;1+1D/hT. The van der Waals surface area contributed by atoms with Crippen molar-refractivity contribution in [2.45, 2.75) is 423 Å². The van der Waals surface area contributed by atoms with Gasteiger partial charge >= 0.3 is 1380 Å². The van der Waals surface area contributed by atoms with Crippen molar-refractivity contribution >= 4 is 1130 Å². The molecule has 0 bridgehead atoms. The van der Waals surface area contributed by atoms with E-state index in [2.05, 4.69) is 91.4 Å². The van der Waals surface area contributed by atoms with Crippen LogP contribution in [0.15, 0.2) is 4.40 Å². The van der Waals surface area contributed by atoms with Crippen molar-refractivity contribution < 1.29 is 337 Å². The second-order valence-corrected chi connectivity index (χ2v) is 4.26. The van der Waals surface area contributed by atoms with E-state index < -0.39 is 8.20 Å². The van der Waals surface area contributed by atoms with Gasteiger partial charge in [0.05, 0.1) is 0 Å². The van der Waals surface area contributed by atoms with Crippen LogP contribution in [0.4, 0.5) is 23.0 Å². The quantitative estimate of drug-likeness (QED) is 0.0420. The van der Waals surface area contributed by atoms with E-state index in [4.69, 9.17) is 36.7 Å². The Morgan fingerprint density at radius 1 is 0.271 bits per heavy atom. The molecule has 0 saturated carbocycles. The maximum atomic E-state index is 8.00. The van der Waals surface area contributed by atoms with E-state index in [1.165, 1.54) is 1080 Å². The van der Waals surface area contributed by atoms with Gasteiger partial charge in [-0.2, -0.15) is 1.12 Å². The van der Waals surface area contributed by atoms with Gasteiger partial charge in [0.2, 0.25) is 0 Å². The summed E-state index contributed by atoms with van der Waals surface area (Å²) in [5.74, 6) is 13.5. The van der Waals surface area contributed by atoms with Crippen LogP contribution in [-0.4, -0.2) is 1080 Å². The summed E-state index contributed by atoms with van der Waals surface area (Å²) in [6.07, 6.45) is 6.63. The molecule has 2 nitrogen and oxygen atoms in total. The van der Waals surface area contributed by atoms with Crippen molar-refractivity contribution in [1.82, 2.24) is 0 Å². The Labute approximate surface area is 1850 Å². The topological polar surface area (TPSA) is 36.2 Å². The van der Waals surface area contributed by atoms with Crippen LogP contribution in [0.3, 0.4) is 0 Å². The van der Waals surface area contributed by atoms with Gasteiger partial charge in [-0.15, -0.1) is 12.8 Å². The summed E-state index contributed by atoms with van der Waals surface area (Å²) < 4.78 is 62.5. The van der Waals surface area contributed by atoms with Crippen molar-refractivity contribution in [3.63, 3.8) is 0 Å². The molecule has 612 valence electrons. The molecule has 0 aliphatic rings. The molecule has 0 aromatic heterocycles. The fourth-order valence-electron chi connectivity index (χ4n) is 0.130. The van der Waals surface area contributed by atoms with Crippen molar-refractivity contribution in [1.29, 1.82) is 6.29 Å². The summed E-state index contributed by atoms with van der Waals surface area (Å²) in [6, 6.07) is 0. The predicted octanol–water partition coefficient (Wildman–Crippen LogP) is 8.32. The van der Waals surface area contributed by atoms with E-state index in [0.29, 0.717) is 0 Å². The zero-order valence-corrected chi connectivity index (χ0v) is 180. The van der Waals surface area contributed by atoms with Gasteiger partial charge in [-0.05, 0) is 44.6 Å². The van der Waals surface area contributed by atoms with Crippen LogP contribution in [0, 0.1) is 53.5 Å². The van der Waals surface area contributed by atoms with E-state index >= 15 is 0 Å². The second kappa shape index (κ2) is 1070. The van der Waals surface area contributed by atoms with Gasteiger partial charge in [0, 0.05) is 22.6 Å². The molecule has 0 unspecified atom stereocenters. The van der Waals surface area contributed by atoms with E-state index in [1.54, 1.807) is 0 Å². The van der Waals surface area contributed by atoms with Crippen LogP contribution in [0.5, 0.6) is 0 Å². The Balaban J connectivity index is -0.00000000120. The van der Waals surface area contributed by atoms with Crippen LogP contribution in [0.1, 0.15) is 429 Å². The first-order chi connectivity index (χ1) is 29.7. The Kier molecular flexibility index (Phi) is 5500.